The highest BCUT2D eigenvalue weighted by Gasteiger charge is 2.03. The normalized spacial score (nSPS) is 10.6. The minimum atomic E-state index is 0.561. The smallest absolute Gasteiger partial charge is 0.0603 e. The van der Waals surface area contributed by atoms with Crippen LogP contribution in [0.4, 0.5) is 5.69 Å². The van der Waals surface area contributed by atoms with Gasteiger partial charge in [-0.05, 0) is 35.9 Å². The van der Waals surface area contributed by atoms with Gasteiger partial charge in [-0.2, -0.15) is 0 Å². The molecule has 0 aliphatic carbocycles. The van der Waals surface area contributed by atoms with E-state index in [0.717, 1.165) is 16.2 Å². The molecule has 0 heterocycles. The molecule has 0 fully saturated rings. The number of hydrogen-bond donors (Lipinski definition) is 1. The first kappa shape index (κ1) is 13.9. The van der Waals surface area contributed by atoms with Crippen LogP contribution in [0.2, 0.25) is 15.1 Å². The molecule has 0 spiro atoms. The lowest BCUT2D eigenvalue weighted by Crippen LogP contribution is -1.92. The van der Waals surface area contributed by atoms with Crippen LogP contribution in [0.5, 0.6) is 0 Å². The average molecular weight is 319 g/mol. The lowest BCUT2D eigenvalue weighted by Gasteiger charge is -2.06. The summed E-state index contributed by atoms with van der Waals surface area (Å²) in [5.41, 5.74) is 7.65. The largest absolute Gasteiger partial charge is 0.398 e. The fourth-order valence-electron chi connectivity index (χ4n) is 1.42. The molecule has 94 valence electrons. The third-order valence-corrected chi connectivity index (χ3v) is 4.41. The molecule has 0 atom stereocenters. The van der Waals surface area contributed by atoms with E-state index in [0.29, 0.717) is 20.8 Å². The van der Waals surface area contributed by atoms with E-state index in [9.17, 15) is 0 Å². The van der Waals surface area contributed by atoms with E-state index in [1.165, 1.54) is 0 Å². The summed E-state index contributed by atoms with van der Waals surface area (Å²) in [5, 5.41) is 1.77. The van der Waals surface area contributed by atoms with Crippen LogP contribution in [0.25, 0.3) is 0 Å². The number of anilines is 1. The highest BCUT2D eigenvalue weighted by molar-refractivity contribution is 7.98. The van der Waals surface area contributed by atoms with E-state index in [1.54, 1.807) is 23.9 Å². The molecule has 0 amide bonds. The van der Waals surface area contributed by atoms with Gasteiger partial charge in [0.25, 0.3) is 0 Å². The van der Waals surface area contributed by atoms with Gasteiger partial charge in [0.2, 0.25) is 0 Å². The quantitative estimate of drug-likeness (QED) is 0.595. The van der Waals surface area contributed by atoms with Crippen molar-refractivity contribution < 1.29 is 0 Å². The van der Waals surface area contributed by atoms with Crippen molar-refractivity contribution in [1.29, 1.82) is 0 Å². The summed E-state index contributed by atoms with van der Waals surface area (Å²) in [7, 11) is 0. The van der Waals surface area contributed by atoms with Gasteiger partial charge >= 0.3 is 0 Å². The van der Waals surface area contributed by atoms with Gasteiger partial charge in [0.05, 0.1) is 10.0 Å². The Morgan fingerprint density at radius 1 is 0.944 bits per heavy atom. The Hall–Kier alpha value is -0.540. The summed E-state index contributed by atoms with van der Waals surface area (Å²) in [5.74, 6) is 0.765. The Labute approximate surface area is 125 Å². The molecule has 5 heteroatoms. The second kappa shape index (κ2) is 6.07. The molecule has 2 rings (SSSR count). The molecule has 0 unspecified atom stereocenters. The van der Waals surface area contributed by atoms with Gasteiger partial charge in [-0.25, -0.2) is 0 Å². The molecular formula is C13H10Cl3NS. The van der Waals surface area contributed by atoms with Crippen LogP contribution in [0.15, 0.2) is 41.3 Å². The van der Waals surface area contributed by atoms with E-state index in [4.69, 9.17) is 40.5 Å². The third kappa shape index (κ3) is 3.48. The molecular weight excluding hydrogens is 309 g/mol. The van der Waals surface area contributed by atoms with Gasteiger partial charge in [0.15, 0.2) is 0 Å². The predicted octanol–water partition coefficient (Wildman–Crippen LogP) is 5.52. The Morgan fingerprint density at radius 2 is 1.72 bits per heavy atom. The average Bonchev–Trinajstić information content (AvgIpc) is 2.32. The Bertz CT molecular complexity index is 572. The van der Waals surface area contributed by atoms with E-state index in [1.807, 2.05) is 24.3 Å². The van der Waals surface area contributed by atoms with Crippen molar-refractivity contribution in [3.63, 3.8) is 0 Å². The lowest BCUT2D eigenvalue weighted by atomic mass is 10.2. The maximum atomic E-state index is 5.96. The summed E-state index contributed by atoms with van der Waals surface area (Å²) in [6, 6.07) is 11.1. The number of hydrogen-bond acceptors (Lipinski definition) is 2. The topological polar surface area (TPSA) is 26.0 Å². The van der Waals surface area contributed by atoms with E-state index in [2.05, 4.69) is 0 Å². The first-order valence-corrected chi connectivity index (χ1v) is 7.30. The second-order valence-corrected chi connectivity index (χ2v) is 6.01. The molecule has 0 aliphatic rings. The Balaban J connectivity index is 2.09. The maximum absolute atomic E-state index is 5.96. The second-order valence-electron chi connectivity index (χ2n) is 3.71. The summed E-state index contributed by atoms with van der Waals surface area (Å²) in [4.78, 5) is 1.05. The molecule has 0 radical (unpaired) electrons. The van der Waals surface area contributed by atoms with E-state index < -0.39 is 0 Å². The van der Waals surface area contributed by atoms with Gasteiger partial charge in [-0.1, -0.05) is 40.9 Å². The van der Waals surface area contributed by atoms with Crippen LogP contribution in [-0.2, 0) is 5.75 Å². The maximum Gasteiger partial charge on any atom is 0.0603 e. The van der Waals surface area contributed by atoms with Crippen molar-refractivity contribution in [3.05, 3.63) is 57.0 Å². The summed E-state index contributed by atoms with van der Waals surface area (Å²) < 4.78 is 0. The molecule has 0 saturated heterocycles. The zero-order valence-electron chi connectivity index (χ0n) is 9.29. The minimum Gasteiger partial charge on any atom is -0.398 e. The van der Waals surface area contributed by atoms with Gasteiger partial charge < -0.3 is 5.73 Å². The highest BCUT2D eigenvalue weighted by atomic mass is 35.5. The molecule has 2 aromatic rings. The van der Waals surface area contributed by atoms with Crippen LogP contribution in [0, 0.1) is 0 Å². The van der Waals surface area contributed by atoms with Gasteiger partial charge in [-0.15, -0.1) is 11.8 Å². The van der Waals surface area contributed by atoms with Crippen molar-refractivity contribution in [3.8, 4) is 0 Å². The molecule has 2 N–H and O–H groups in total. The standard InChI is InChI=1S/C13H10Cl3NS/c14-9-2-1-8(13(17)5-9)7-18-10-3-4-11(15)12(16)6-10/h1-6H,7,17H2. The van der Waals surface area contributed by atoms with Crippen molar-refractivity contribution in [1.82, 2.24) is 0 Å². The fourth-order valence-corrected chi connectivity index (χ4v) is 2.92. The molecule has 0 bridgehead atoms. The Morgan fingerprint density at radius 3 is 2.39 bits per heavy atom. The Kier molecular flexibility index (Phi) is 4.68. The van der Waals surface area contributed by atoms with E-state index >= 15 is 0 Å². The third-order valence-electron chi connectivity index (χ3n) is 2.39. The molecule has 18 heavy (non-hydrogen) atoms. The summed E-state index contributed by atoms with van der Waals surface area (Å²) >= 11 is 19.3. The lowest BCUT2D eigenvalue weighted by molar-refractivity contribution is 1.38. The number of halogens is 3. The number of thioether (sulfide) groups is 1. The van der Waals surface area contributed by atoms with Crippen LogP contribution < -0.4 is 5.73 Å². The predicted molar refractivity (Wildman–Crippen MR) is 81.9 cm³/mol. The van der Waals surface area contributed by atoms with Crippen molar-refractivity contribution in [2.45, 2.75) is 10.6 Å². The van der Waals surface area contributed by atoms with Crippen LogP contribution >= 0.6 is 46.6 Å². The number of nitrogen functional groups attached to an aromatic ring is 1. The first-order chi connectivity index (χ1) is 8.56. The fraction of sp³-hybridized carbons (Fsp3) is 0.0769. The molecule has 0 aliphatic heterocycles. The molecule has 1 nitrogen and oxygen atoms in total. The monoisotopic (exact) mass is 317 g/mol. The first-order valence-electron chi connectivity index (χ1n) is 5.18. The summed E-state index contributed by atoms with van der Waals surface area (Å²) in [6.45, 7) is 0. The van der Waals surface area contributed by atoms with Crippen molar-refractivity contribution in [2.75, 3.05) is 5.73 Å². The summed E-state index contributed by atoms with van der Waals surface area (Å²) in [6.07, 6.45) is 0. The van der Waals surface area contributed by atoms with Gasteiger partial charge in [0.1, 0.15) is 0 Å². The van der Waals surface area contributed by atoms with Crippen LogP contribution in [-0.4, -0.2) is 0 Å². The highest BCUT2D eigenvalue weighted by Crippen LogP contribution is 2.31. The number of rotatable bonds is 3. The van der Waals surface area contributed by atoms with E-state index in [-0.39, 0.29) is 0 Å². The molecule has 2 aromatic carbocycles. The minimum absolute atomic E-state index is 0.561. The molecule has 0 aromatic heterocycles. The van der Waals surface area contributed by atoms with Crippen LogP contribution in [0.3, 0.4) is 0 Å². The van der Waals surface area contributed by atoms with Crippen molar-refractivity contribution in [2.24, 2.45) is 0 Å². The molecule has 0 saturated carbocycles. The zero-order chi connectivity index (χ0) is 13.1. The van der Waals surface area contributed by atoms with Gasteiger partial charge in [0, 0.05) is 21.4 Å². The zero-order valence-corrected chi connectivity index (χ0v) is 12.4. The van der Waals surface area contributed by atoms with Crippen LogP contribution in [0.1, 0.15) is 5.56 Å². The SMILES string of the molecule is Nc1cc(Cl)ccc1CSc1ccc(Cl)c(Cl)c1. The number of nitrogens with two attached hydrogens (primary N) is 1. The number of benzene rings is 2. The van der Waals surface area contributed by atoms with Gasteiger partial charge in [-0.3, -0.25) is 0 Å². The van der Waals surface area contributed by atoms with Crippen molar-refractivity contribution >= 4 is 52.3 Å².